The van der Waals surface area contributed by atoms with Crippen molar-refractivity contribution in [1.29, 1.82) is 0 Å². The molecule has 3 heteroatoms. The molecule has 3 rings (SSSR count). The van der Waals surface area contributed by atoms with Gasteiger partial charge in [-0.15, -0.1) is 0 Å². The van der Waals surface area contributed by atoms with Crippen molar-refractivity contribution >= 4 is 8.07 Å². The third kappa shape index (κ3) is 5.68. The first-order valence-corrected chi connectivity index (χ1v) is 11.1. The summed E-state index contributed by atoms with van der Waals surface area (Å²) in [6.45, 7) is 8.60. The number of rotatable bonds is 2. The van der Waals surface area contributed by atoms with Gasteiger partial charge in [0.15, 0.2) is 0 Å². The van der Waals surface area contributed by atoms with Crippen molar-refractivity contribution in [2.75, 3.05) is 13.6 Å². The summed E-state index contributed by atoms with van der Waals surface area (Å²) >= 11 is 0. The van der Waals surface area contributed by atoms with E-state index in [1.807, 2.05) is 32.1 Å². The van der Waals surface area contributed by atoms with Gasteiger partial charge >= 0.3 is 17.1 Å². The number of hydrogen-bond acceptors (Lipinski definition) is 1. The summed E-state index contributed by atoms with van der Waals surface area (Å²) in [6.07, 6.45) is 19.7. The summed E-state index contributed by atoms with van der Waals surface area (Å²) < 4.78 is 0. The molecule has 0 bridgehead atoms. The van der Waals surface area contributed by atoms with Crippen LogP contribution >= 0.6 is 0 Å². The minimum absolute atomic E-state index is 0. The fraction of sp³-hybridized carbons (Fsp3) is 0.444. The maximum Gasteiger partial charge on any atom is 2.00 e. The van der Waals surface area contributed by atoms with Gasteiger partial charge in [0.05, 0.1) is 8.07 Å². The minimum atomic E-state index is -1.15. The second-order valence-corrected chi connectivity index (χ2v) is 11.8. The third-order valence-corrected chi connectivity index (χ3v) is 6.16. The Morgan fingerprint density at radius 1 is 0.952 bits per heavy atom. The summed E-state index contributed by atoms with van der Waals surface area (Å²) in [5, 5.41) is 0. The third-order valence-electron chi connectivity index (χ3n) is 4.09. The summed E-state index contributed by atoms with van der Waals surface area (Å²) in [5.41, 5.74) is 1.67. The molecule has 1 saturated heterocycles. The summed E-state index contributed by atoms with van der Waals surface area (Å²) in [5.74, 6) is 1.62. The Balaban J connectivity index is 0.000000313. The van der Waals surface area contributed by atoms with Gasteiger partial charge in [-0.2, -0.15) is 0 Å². The van der Waals surface area contributed by atoms with Crippen LogP contribution in [0.3, 0.4) is 0 Å². The van der Waals surface area contributed by atoms with E-state index in [4.69, 9.17) is 0 Å². The Morgan fingerprint density at radius 3 is 1.95 bits per heavy atom. The Morgan fingerprint density at radius 2 is 1.52 bits per heavy atom. The van der Waals surface area contributed by atoms with Gasteiger partial charge in [0, 0.05) is 12.0 Å². The average molecular weight is 341 g/mol. The van der Waals surface area contributed by atoms with E-state index in [1.54, 1.807) is 11.5 Å². The summed E-state index contributed by atoms with van der Waals surface area (Å²) in [7, 11) is 1.11. The van der Waals surface area contributed by atoms with Gasteiger partial charge in [0.25, 0.3) is 0 Å². The quantitative estimate of drug-likeness (QED) is 0.692. The van der Waals surface area contributed by atoms with E-state index >= 15 is 0 Å². The van der Waals surface area contributed by atoms with Crippen LogP contribution in [0.25, 0.3) is 0 Å². The first kappa shape index (κ1) is 19.7. The van der Waals surface area contributed by atoms with Crippen molar-refractivity contribution in [3.63, 3.8) is 0 Å². The molecule has 0 amide bonds. The Hall–Kier alpha value is 0.696. The second-order valence-electron chi connectivity index (χ2n) is 6.75. The van der Waals surface area contributed by atoms with Crippen molar-refractivity contribution in [2.45, 2.75) is 38.5 Å². The molecule has 0 aromatic rings. The van der Waals surface area contributed by atoms with Crippen LogP contribution in [0.5, 0.6) is 0 Å². The predicted octanol–water partition coefficient (Wildman–Crippen LogP) is 3.75. The molecule has 2 saturated carbocycles. The van der Waals surface area contributed by atoms with E-state index < -0.39 is 8.07 Å². The van der Waals surface area contributed by atoms with E-state index in [9.17, 15) is 0 Å². The van der Waals surface area contributed by atoms with Crippen LogP contribution in [0.1, 0.15) is 12.8 Å². The van der Waals surface area contributed by atoms with Gasteiger partial charge in [-0.05, 0) is 83.3 Å². The molecule has 3 fully saturated rings. The van der Waals surface area contributed by atoms with Gasteiger partial charge < -0.3 is 4.90 Å². The van der Waals surface area contributed by atoms with Crippen molar-refractivity contribution in [3.05, 3.63) is 62.8 Å². The Labute approximate surface area is 145 Å². The molecule has 3 aliphatic rings. The topological polar surface area (TPSA) is 3.24 Å². The fourth-order valence-electron chi connectivity index (χ4n) is 3.03. The van der Waals surface area contributed by atoms with Crippen LogP contribution in [-0.2, 0) is 17.1 Å². The first-order valence-electron chi connectivity index (χ1n) is 7.63. The smallest absolute Gasteiger partial charge is 0.303 e. The average Bonchev–Trinajstić information content (AvgIpc) is 3.11. The molecule has 21 heavy (non-hydrogen) atoms. The van der Waals surface area contributed by atoms with Crippen molar-refractivity contribution in [1.82, 2.24) is 4.90 Å². The molecule has 10 radical (unpaired) electrons. The first-order chi connectivity index (χ1) is 9.50. The van der Waals surface area contributed by atoms with Crippen molar-refractivity contribution in [3.8, 4) is 0 Å². The molecule has 1 atom stereocenters. The van der Waals surface area contributed by atoms with Crippen LogP contribution < -0.4 is 0 Å². The Bertz CT molecular complexity index is 278. The second kappa shape index (κ2) is 9.10. The van der Waals surface area contributed by atoms with E-state index in [1.165, 1.54) is 19.4 Å². The number of likely N-dealkylation sites (tertiary alicyclic amines) is 1. The van der Waals surface area contributed by atoms with Crippen molar-refractivity contribution < 1.29 is 17.1 Å². The van der Waals surface area contributed by atoms with Crippen LogP contribution in [0.4, 0.5) is 0 Å². The Kier molecular flexibility index (Phi) is 8.56. The molecule has 1 heterocycles. The van der Waals surface area contributed by atoms with E-state index in [0.717, 1.165) is 0 Å². The van der Waals surface area contributed by atoms with E-state index in [0.29, 0.717) is 6.04 Å². The van der Waals surface area contributed by atoms with E-state index in [2.05, 4.69) is 50.9 Å². The molecule has 2 aliphatic carbocycles. The molecule has 1 aliphatic heterocycles. The molecule has 0 N–H and O–H groups in total. The molecular weight excluding hydrogens is 314 g/mol. The molecule has 0 aromatic heterocycles. The maximum absolute atomic E-state index is 2.51. The van der Waals surface area contributed by atoms with Crippen LogP contribution in [0.15, 0.2) is 0 Å². The van der Waals surface area contributed by atoms with Crippen molar-refractivity contribution in [2.24, 2.45) is 0 Å². The van der Waals surface area contributed by atoms with Crippen LogP contribution in [0, 0.1) is 62.8 Å². The van der Waals surface area contributed by atoms with Gasteiger partial charge in [-0.3, -0.25) is 0 Å². The largest absolute Gasteiger partial charge is 2.00 e. The van der Waals surface area contributed by atoms with Crippen LogP contribution in [0.2, 0.25) is 19.6 Å². The molecule has 0 spiro atoms. The fourth-order valence-corrected chi connectivity index (χ4v) is 4.74. The van der Waals surface area contributed by atoms with Gasteiger partial charge in [0.2, 0.25) is 0 Å². The molecule has 114 valence electrons. The predicted molar refractivity (Wildman–Crippen MR) is 89.9 cm³/mol. The normalized spacial score (nSPS) is 28.3. The molecule has 0 aromatic carbocycles. The monoisotopic (exact) mass is 341 g/mol. The zero-order valence-electron chi connectivity index (χ0n) is 13.6. The van der Waals surface area contributed by atoms with Gasteiger partial charge in [0.1, 0.15) is 0 Å². The zero-order valence-corrected chi connectivity index (χ0v) is 15.7. The SMILES string of the molecule is CN1CCC[C@@H]1[C]1[CH][CH][CH][C]1[Si](C)(C)C.[CH]1[CH][CH][CH][CH]1.[Fe+2]. The minimum Gasteiger partial charge on any atom is -0.303 e. The zero-order chi connectivity index (χ0) is 14.6. The number of hydrogen-bond donors (Lipinski definition) is 0. The van der Waals surface area contributed by atoms with E-state index in [-0.39, 0.29) is 17.1 Å². The molecule has 1 nitrogen and oxygen atoms in total. The van der Waals surface area contributed by atoms with Gasteiger partial charge in [-0.25, -0.2) is 0 Å². The maximum atomic E-state index is 2.51. The number of nitrogens with zero attached hydrogens (tertiary/aromatic N) is 1. The van der Waals surface area contributed by atoms with Gasteiger partial charge in [-0.1, -0.05) is 19.6 Å². The molecular formula is C18H27FeNSi+2. The molecule has 0 unspecified atom stereocenters. The van der Waals surface area contributed by atoms with Crippen LogP contribution in [-0.4, -0.2) is 32.6 Å². The summed E-state index contributed by atoms with van der Waals surface area (Å²) in [4.78, 5) is 2.51. The standard InChI is InChI=1S/C13H22NSi.C5H5.Fe/c1-14-10-6-8-12(14)11-7-5-9-13(11)15(2,3)4;1-2-4-5-3-1;/h5,7,9,12H,6,8,10H2,1-4H3;1-5H;/q;;+2/t12-;;/m1../s1. The summed E-state index contributed by atoms with van der Waals surface area (Å²) in [6, 6.07) is 0.696.